The van der Waals surface area contributed by atoms with Gasteiger partial charge in [0.1, 0.15) is 5.82 Å². The molecule has 162 valence electrons. The Morgan fingerprint density at radius 3 is 2.29 bits per heavy atom. The summed E-state index contributed by atoms with van der Waals surface area (Å²) >= 11 is 0. The molecule has 1 saturated carbocycles. The van der Waals surface area contributed by atoms with Crippen molar-refractivity contribution in [2.75, 3.05) is 10.6 Å². The van der Waals surface area contributed by atoms with E-state index in [0.29, 0.717) is 0 Å². The predicted octanol–water partition coefficient (Wildman–Crippen LogP) is 5.72. The van der Waals surface area contributed by atoms with Crippen molar-refractivity contribution in [1.82, 2.24) is 9.78 Å². The van der Waals surface area contributed by atoms with Crippen LogP contribution in [0, 0.1) is 0 Å². The Labute approximate surface area is 173 Å². The van der Waals surface area contributed by atoms with Crippen LogP contribution in [-0.2, 0) is 12.7 Å². The first-order valence-electron chi connectivity index (χ1n) is 9.36. The van der Waals surface area contributed by atoms with Gasteiger partial charge < -0.3 is 5.32 Å². The fourth-order valence-electron chi connectivity index (χ4n) is 3.14. The molecule has 31 heavy (non-hydrogen) atoms. The lowest BCUT2D eigenvalue weighted by atomic mass is 10.2. The molecule has 1 unspecified atom stereocenters. The third kappa shape index (κ3) is 4.84. The lowest BCUT2D eigenvalue weighted by molar-refractivity contribution is -0.137. The van der Waals surface area contributed by atoms with Gasteiger partial charge in [-0.25, -0.2) is 18.3 Å². The minimum absolute atomic E-state index is 0.147. The Morgan fingerprint density at radius 2 is 1.71 bits per heavy atom. The van der Waals surface area contributed by atoms with Crippen molar-refractivity contribution in [1.29, 1.82) is 0 Å². The van der Waals surface area contributed by atoms with Crippen LogP contribution in [0.3, 0.4) is 0 Å². The molecule has 5 nitrogen and oxygen atoms in total. The topological polar surface area (TPSA) is 59.0 Å². The van der Waals surface area contributed by atoms with E-state index in [9.17, 15) is 26.7 Å². The maximum atomic E-state index is 13.5. The number of hydrogen-bond donors (Lipinski definition) is 2. The Kier molecular flexibility index (Phi) is 5.16. The van der Waals surface area contributed by atoms with Crippen molar-refractivity contribution in [2.45, 2.75) is 31.0 Å². The molecule has 0 bridgehead atoms. The molecule has 4 rings (SSSR count). The SMILES string of the molecule is O=C(Nc1ccc(C(F)(F)F)cc1)Nc1cc(C2CC2(F)F)nn1Cc1ccccc1. The summed E-state index contributed by atoms with van der Waals surface area (Å²) in [7, 11) is 0. The van der Waals surface area contributed by atoms with Crippen LogP contribution >= 0.6 is 0 Å². The van der Waals surface area contributed by atoms with E-state index in [1.165, 1.54) is 10.7 Å². The second-order valence-electron chi connectivity index (χ2n) is 7.27. The molecule has 3 aromatic rings. The maximum Gasteiger partial charge on any atom is 0.416 e. The minimum Gasteiger partial charge on any atom is -0.308 e. The zero-order valence-electron chi connectivity index (χ0n) is 16.0. The highest BCUT2D eigenvalue weighted by atomic mass is 19.4. The molecular formula is C21H17F5N4O. The third-order valence-corrected chi connectivity index (χ3v) is 4.87. The molecule has 1 heterocycles. The molecule has 1 aromatic heterocycles. The van der Waals surface area contributed by atoms with Crippen molar-refractivity contribution in [2.24, 2.45) is 0 Å². The number of carbonyl (C=O) groups excluding carboxylic acids is 1. The lowest BCUT2D eigenvalue weighted by Gasteiger charge is -2.11. The molecule has 0 saturated heterocycles. The molecule has 1 atom stereocenters. The van der Waals surface area contributed by atoms with Gasteiger partial charge in [0.2, 0.25) is 0 Å². The highest BCUT2D eigenvalue weighted by Crippen LogP contribution is 2.55. The molecule has 1 fully saturated rings. The van der Waals surface area contributed by atoms with Crippen LogP contribution in [-0.4, -0.2) is 21.7 Å². The summed E-state index contributed by atoms with van der Waals surface area (Å²) in [6.45, 7) is 0.245. The summed E-state index contributed by atoms with van der Waals surface area (Å²) < 4.78 is 66.4. The van der Waals surface area contributed by atoms with Crippen molar-refractivity contribution >= 4 is 17.5 Å². The molecule has 10 heteroatoms. The van der Waals surface area contributed by atoms with Gasteiger partial charge in [0.25, 0.3) is 5.92 Å². The van der Waals surface area contributed by atoms with Crippen LogP contribution in [0.5, 0.6) is 0 Å². The number of anilines is 2. The number of aromatic nitrogens is 2. The summed E-state index contributed by atoms with van der Waals surface area (Å²) in [6.07, 6.45) is -4.78. The van der Waals surface area contributed by atoms with E-state index in [1.807, 2.05) is 30.3 Å². The minimum atomic E-state index is -4.48. The molecule has 2 N–H and O–H groups in total. The van der Waals surface area contributed by atoms with Crippen molar-refractivity contribution in [3.63, 3.8) is 0 Å². The molecule has 0 spiro atoms. The number of urea groups is 1. The summed E-state index contributed by atoms with van der Waals surface area (Å²) in [6, 6.07) is 13.7. The molecule has 0 aliphatic heterocycles. The van der Waals surface area contributed by atoms with Crippen molar-refractivity contribution in [3.8, 4) is 0 Å². The van der Waals surface area contributed by atoms with Gasteiger partial charge in [0.15, 0.2) is 0 Å². The molecule has 2 amide bonds. The molecule has 2 aromatic carbocycles. The van der Waals surface area contributed by atoms with Gasteiger partial charge in [0, 0.05) is 18.2 Å². The fraction of sp³-hybridized carbons (Fsp3) is 0.238. The first kappa shape index (κ1) is 20.8. The Hall–Kier alpha value is -3.43. The van der Waals surface area contributed by atoms with Gasteiger partial charge in [-0.05, 0) is 29.8 Å². The van der Waals surface area contributed by atoms with E-state index < -0.39 is 29.6 Å². The molecule has 0 radical (unpaired) electrons. The normalized spacial score (nSPS) is 17.3. The van der Waals surface area contributed by atoms with Crippen LogP contribution in [0.2, 0.25) is 0 Å². The van der Waals surface area contributed by atoms with Crippen LogP contribution in [0.15, 0.2) is 60.7 Å². The Bertz CT molecular complexity index is 1080. The molecular weight excluding hydrogens is 419 g/mol. The number of benzene rings is 2. The van der Waals surface area contributed by atoms with Crippen LogP contribution in [0.1, 0.15) is 29.2 Å². The van der Waals surface area contributed by atoms with E-state index >= 15 is 0 Å². The first-order valence-corrected chi connectivity index (χ1v) is 9.36. The average Bonchev–Trinajstić information content (AvgIpc) is 3.17. The highest BCUT2D eigenvalue weighted by Gasteiger charge is 2.59. The third-order valence-electron chi connectivity index (χ3n) is 4.87. The second-order valence-corrected chi connectivity index (χ2v) is 7.27. The van der Waals surface area contributed by atoms with Gasteiger partial charge >= 0.3 is 12.2 Å². The number of rotatable bonds is 5. The average molecular weight is 436 g/mol. The van der Waals surface area contributed by atoms with E-state index in [0.717, 1.165) is 29.8 Å². The fourth-order valence-corrected chi connectivity index (χ4v) is 3.14. The van der Waals surface area contributed by atoms with Crippen molar-refractivity contribution in [3.05, 3.63) is 77.5 Å². The Morgan fingerprint density at radius 1 is 1.06 bits per heavy atom. The number of nitrogens with zero attached hydrogens (tertiary/aromatic N) is 2. The zero-order chi connectivity index (χ0) is 22.2. The van der Waals surface area contributed by atoms with Gasteiger partial charge in [-0.1, -0.05) is 30.3 Å². The summed E-state index contributed by atoms with van der Waals surface area (Å²) in [5.74, 6) is -3.61. The van der Waals surface area contributed by atoms with Gasteiger partial charge in [-0.2, -0.15) is 18.3 Å². The number of hydrogen-bond acceptors (Lipinski definition) is 2. The lowest BCUT2D eigenvalue weighted by Crippen LogP contribution is -2.22. The predicted molar refractivity (Wildman–Crippen MR) is 104 cm³/mol. The van der Waals surface area contributed by atoms with Crippen LogP contribution < -0.4 is 10.6 Å². The van der Waals surface area contributed by atoms with Gasteiger partial charge in [0.05, 0.1) is 23.7 Å². The zero-order valence-corrected chi connectivity index (χ0v) is 16.0. The largest absolute Gasteiger partial charge is 0.416 e. The number of amides is 2. The summed E-state index contributed by atoms with van der Waals surface area (Å²) in [5, 5.41) is 9.19. The van der Waals surface area contributed by atoms with Crippen LogP contribution in [0.4, 0.5) is 38.3 Å². The van der Waals surface area contributed by atoms with Gasteiger partial charge in [-0.3, -0.25) is 5.32 Å². The highest BCUT2D eigenvalue weighted by molar-refractivity contribution is 5.99. The molecule has 1 aliphatic rings. The van der Waals surface area contributed by atoms with Crippen LogP contribution in [0.25, 0.3) is 0 Å². The maximum absolute atomic E-state index is 13.5. The summed E-state index contributed by atoms with van der Waals surface area (Å²) in [5.41, 5.74) is 0.333. The number of alkyl halides is 5. The first-order chi connectivity index (χ1) is 14.6. The number of nitrogens with one attached hydrogen (secondary N) is 2. The van der Waals surface area contributed by atoms with Gasteiger partial charge in [-0.15, -0.1) is 0 Å². The smallest absolute Gasteiger partial charge is 0.308 e. The molecule has 1 aliphatic carbocycles. The number of carbonyl (C=O) groups is 1. The van der Waals surface area contributed by atoms with E-state index in [-0.39, 0.29) is 30.2 Å². The quantitative estimate of drug-likeness (QED) is 0.503. The Balaban J connectivity index is 1.50. The standard InChI is InChI=1S/C21H17F5N4O/c22-20(23)11-16(20)17-10-18(30(29-17)12-13-4-2-1-3-5-13)28-19(31)27-15-8-6-14(7-9-15)21(24,25)26/h1-10,16H,11-12H2,(H2,27,28,31). The number of halogens is 5. The van der Waals surface area contributed by atoms with E-state index in [1.54, 1.807) is 0 Å². The second kappa shape index (κ2) is 7.68. The summed E-state index contributed by atoms with van der Waals surface area (Å²) in [4.78, 5) is 12.4. The monoisotopic (exact) mass is 436 g/mol. The van der Waals surface area contributed by atoms with Crippen molar-refractivity contribution < 1.29 is 26.7 Å². The van der Waals surface area contributed by atoms with E-state index in [2.05, 4.69) is 15.7 Å². The van der Waals surface area contributed by atoms with E-state index in [4.69, 9.17) is 0 Å².